The molecular weight excluding hydrogens is 370 g/mol. The zero-order valence-electron chi connectivity index (χ0n) is 17.5. The van der Waals surface area contributed by atoms with Gasteiger partial charge in [0, 0.05) is 12.5 Å². The summed E-state index contributed by atoms with van der Waals surface area (Å²) in [6, 6.07) is 7.26. The predicted molar refractivity (Wildman–Crippen MR) is 109 cm³/mol. The van der Waals surface area contributed by atoms with E-state index >= 15 is 0 Å². The zero-order chi connectivity index (χ0) is 21.0. The number of nitrogens with one attached hydrogen (secondary N) is 2. The normalized spacial score (nSPS) is 19.4. The smallest absolute Gasteiger partial charge is 0.411 e. The van der Waals surface area contributed by atoms with E-state index in [0.717, 1.165) is 36.8 Å². The molecular formula is C22H31N3O4. The van der Waals surface area contributed by atoms with Crippen LogP contribution >= 0.6 is 0 Å². The van der Waals surface area contributed by atoms with Crippen molar-refractivity contribution < 1.29 is 19.1 Å². The fourth-order valence-corrected chi connectivity index (χ4v) is 3.90. The molecule has 1 saturated carbocycles. The third kappa shape index (κ3) is 5.71. The molecule has 0 bridgehead atoms. The topological polar surface area (TPSA) is 87.7 Å². The number of benzene rings is 1. The highest BCUT2D eigenvalue weighted by molar-refractivity contribution is 5.90. The highest BCUT2D eigenvalue weighted by atomic mass is 16.6. The minimum atomic E-state index is -0.709. The summed E-state index contributed by atoms with van der Waals surface area (Å²) in [6.07, 6.45) is 4.11. The lowest BCUT2D eigenvalue weighted by molar-refractivity contribution is -0.130. The minimum absolute atomic E-state index is 0.0877. The Hall–Kier alpha value is -2.57. The van der Waals surface area contributed by atoms with E-state index in [-0.39, 0.29) is 24.4 Å². The van der Waals surface area contributed by atoms with Gasteiger partial charge < -0.3 is 15.4 Å². The van der Waals surface area contributed by atoms with Crippen LogP contribution in [0.1, 0.15) is 57.6 Å². The van der Waals surface area contributed by atoms with Gasteiger partial charge in [-0.3, -0.25) is 14.5 Å². The van der Waals surface area contributed by atoms with Gasteiger partial charge in [-0.2, -0.15) is 0 Å². The second-order valence-electron chi connectivity index (χ2n) is 8.86. The van der Waals surface area contributed by atoms with Crippen molar-refractivity contribution >= 4 is 17.9 Å². The Bertz CT molecular complexity index is 766. The van der Waals surface area contributed by atoms with Gasteiger partial charge in [0.05, 0.1) is 13.1 Å². The van der Waals surface area contributed by atoms with Gasteiger partial charge in [-0.1, -0.05) is 37.1 Å². The van der Waals surface area contributed by atoms with Crippen LogP contribution in [-0.2, 0) is 27.3 Å². The summed E-state index contributed by atoms with van der Waals surface area (Å²) in [6.45, 7) is 5.61. The van der Waals surface area contributed by atoms with Gasteiger partial charge in [0.1, 0.15) is 11.6 Å². The molecule has 0 unspecified atom stereocenters. The van der Waals surface area contributed by atoms with Crippen LogP contribution in [0.4, 0.5) is 4.79 Å². The summed E-state index contributed by atoms with van der Waals surface area (Å²) in [5.41, 5.74) is 1.38. The van der Waals surface area contributed by atoms with E-state index in [1.165, 1.54) is 4.90 Å². The second kappa shape index (κ2) is 8.84. The molecule has 0 aromatic heterocycles. The molecule has 7 heteroatoms. The number of carbonyl (C=O) groups excluding carboxylic acids is 3. The molecule has 1 aliphatic carbocycles. The van der Waals surface area contributed by atoms with Crippen molar-refractivity contribution in [1.82, 2.24) is 15.5 Å². The Balaban J connectivity index is 1.66. The summed E-state index contributed by atoms with van der Waals surface area (Å²) < 4.78 is 5.51. The molecule has 1 aromatic rings. The van der Waals surface area contributed by atoms with E-state index in [2.05, 4.69) is 10.6 Å². The zero-order valence-corrected chi connectivity index (χ0v) is 17.5. The lowest BCUT2D eigenvalue weighted by atomic mass is 9.94. The number of amides is 3. The summed E-state index contributed by atoms with van der Waals surface area (Å²) >= 11 is 0. The SMILES string of the molecule is CC(C)(C)OC(=O)N1Cc2ccccc2C[C@H]1C(=O)NCC(=O)NC1CCCC1. The lowest BCUT2D eigenvalue weighted by Gasteiger charge is -2.36. The molecule has 0 spiro atoms. The fraction of sp³-hybridized carbons (Fsp3) is 0.591. The van der Waals surface area contributed by atoms with Crippen molar-refractivity contribution in [1.29, 1.82) is 0 Å². The molecule has 2 aliphatic rings. The Morgan fingerprint density at radius 3 is 2.41 bits per heavy atom. The van der Waals surface area contributed by atoms with Gasteiger partial charge in [0.25, 0.3) is 0 Å². The van der Waals surface area contributed by atoms with Crippen LogP contribution in [0.5, 0.6) is 0 Å². The lowest BCUT2D eigenvalue weighted by Crippen LogP contribution is -2.54. The number of hydrogen-bond donors (Lipinski definition) is 2. The van der Waals surface area contributed by atoms with E-state index in [1.807, 2.05) is 24.3 Å². The molecule has 3 rings (SSSR count). The Morgan fingerprint density at radius 2 is 1.76 bits per heavy atom. The van der Waals surface area contributed by atoms with Crippen LogP contribution in [-0.4, -0.2) is 47.0 Å². The average molecular weight is 402 g/mol. The maximum absolute atomic E-state index is 12.9. The number of ether oxygens (including phenoxy) is 1. The highest BCUT2D eigenvalue weighted by Crippen LogP contribution is 2.25. The summed E-state index contributed by atoms with van der Waals surface area (Å²) in [5, 5.41) is 5.66. The van der Waals surface area contributed by atoms with Gasteiger partial charge >= 0.3 is 6.09 Å². The van der Waals surface area contributed by atoms with Crippen molar-refractivity contribution in [2.75, 3.05) is 6.54 Å². The molecule has 0 radical (unpaired) electrons. The molecule has 1 fully saturated rings. The third-order valence-corrected chi connectivity index (χ3v) is 5.32. The number of nitrogens with zero attached hydrogens (tertiary/aromatic N) is 1. The summed E-state index contributed by atoms with van der Waals surface area (Å²) in [5.74, 6) is -0.530. The maximum Gasteiger partial charge on any atom is 0.411 e. The number of hydrogen-bond acceptors (Lipinski definition) is 4. The fourth-order valence-electron chi connectivity index (χ4n) is 3.90. The van der Waals surface area contributed by atoms with Crippen molar-refractivity contribution in [3.63, 3.8) is 0 Å². The molecule has 0 saturated heterocycles. The molecule has 1 atom stereocenters. The highest BCUT2D eigenvalue weighted by Gasteiger charge is 2.37. The Labute approximate surface area is 172 Å². The van der Waals surface area contributed by atoms with Crippen molar-refractivity contribution in [3.05, 3.63) is 35.4 Å². The summed E-state index contributed by atoms with van der Waals surface area (Å²) in [7, 11) is 0. The van der Waals surface area contributed by atoms with Crippen LogP contribution in [0.15, 0.2) is 24.3 Å². The van der Waals surface area contributed by atoms with Crippen LogP contribution in [0, 0.1) is 0 Å². The van der Waals surface area contributed by atoms with Crippen LogP contribution in [0.2, 0.25) is 0 Å². The van der Waals surface area contributed by atoms with E-state index in [1.54, 1.807) is 20.8 Å². The van der Waals surface area contributed by atoms with Gasteiger partial charge in [0.2, 0.25) is 11.8 Å². The minimum Gasteiger partial charge on any atom is -0.444 e. The molecule has 1 heterocycles. The predicted octanol–water partition coefficient (Wildman–Crippen LogP) is 2.52. The molecule has 3 amide bonds. The van der Waals surface area contributed by atoms with E-state index < -0.39 is 17.7 Å². The second-order valence-corrected chi connectivity index (χ2v) is 8.86. The van der Waals surface area contributed by atoms with Crippen LogP contribution in [0.3, 0.4) is 0 Å². The van der Waals surface area contributed by atoms with Gasteiger partial charge in [-0.15, -0.1) is 0 Å². The molecule has 1 aliphatic heterocycles. The molecule has 29 heavy (non-hydrogen) atoms. The maximum atomic E-state index is 12.9. The quantitative estimate of drug-likeness (QED) is 0.812. The molecule has 7 nitrogen and oxygen atoms in total. The van der Waals surface area contributed by atoms with Gasteiger partial charge in [-0.05, 0) is 44.7 Å². The van der Waals surface area contributed by atoms with Gasteiger partial charge in [0.15, 0.2) is 0 Å². The Morgan fingerprint density at radius 1 is 1.10 bits per heavy atom. The van der Waals surface area contributed by atoms with Crippen molar-refractivity contribution in [2.45, 2.75) is 77.1 Å². The average Bonchev–Trinajstić information content (AvgIpc) is 3.16. The Kier molecular flexibility index (Phi) is 6.45. The van der Waals surface area contributed by atoms with E-state index in [9.17, 15) is 14.4 Å². The molecule has 2 N–H and O–H groups in total. The summed E-state index contributed by atoms with van der Waals surface area (Å²) in [4.78, 5) is 39.3. The number of fused-ring (bicyclic) bond motifs is 1. The largest absolute Gasteiger partial charge is 0.444 e. The first-order valence-corrected chi connectivity index (χ1v) is 10.4. The number of carbonyl (C=O) groups is 3. The van der Waals surface area contributed by atoms with E-state index in [0.29, 0.717) is 13.0 Å². The standard InChI is InChI=1S/C22H31N3O4/c1-22(2,3)29-21(28)25-14-16-9-5-4-8-15(16)12-18(25)20(27)23-13-19(26)24-17-10-6-7-11-17/h4-5,8-9,17-18H,6-7,10-14H2,1-3H3,(H,23,27)(H,24,26)/t18-/m0/s1. The van der Waals surface area contributed by atoms with Crippen molar-refractivity contribution in [2.24, 2.45) is 0 Å². The van der Waals surface area contributed by atoms with Crippen molar-refractivity contribution in [3.8, 4) is 0 Å². The number of rotatable bonds is 4. The first kappa shape index (κ1) is 21.1. The van der Waals surface area contributed by atoms with Gasteiger partial charge in [-0.25, -0.2) is 4.79 Å². The van der Waals surface area contributed by atoms with Crippen LogP contribution < -0.4 is 10.6 Å². The van der Waals surface area contributed by atoms with Crippen LogP contribution in [0.25, 0.3) is 0 Å². The first-order chi connectivity index (χ1) is 13.7. The molecule has 1 aromatic carbocycles. The monoisotopic (exact) mass is 401 g/mol. The third-order valence-electron chi connectivity index (χ3n) is 5.32. The first-order valence-electron chi connectivity index (χ1n) is 10.4. The molecule has 158 valence electrons. The van der Waals surface area contributed by atoms with E-state index in [4.69, 9.17) is 4.74 Å².